The SMILES string of the molecule is NCC1CCN(c2cc(C(F)(F)F)cc(-c3[nH]nc4ncccc34)n2)CC1.[HH].[HH]. The van der Waals surface area contributed by atoms with Gasteiger partial charge in [-0.2, -0.15) is 18.3 Å². The highest BCUT2D eigenvalue weighted by Crippen LogP contribution is 2.35. The number of aromatic nitrogens is 4. The lowest BCUT2D eigenvalue weighted by Crippen LogP contribution is -2.36. The highest BCUT2D eigenvalue weighted by Gasteiger charge is 2.33. The van der Waals surface area contributed by atoms with Crippen molar-refractivity contribution in [3.05, 3.63) is 36.0 Å². The zero-order valence-electron chi connectivity index (χ0n) is 14.5. The van der Waals surface area contributed by atoms with E-state index in [4.69, 9.17) is 5.73 Å². The van der Waals surface area contributed by atoms with E-state index in [0.717, 1.165) is 25.0 Å². The molecular formula is C18H23F3N6. The molecule has 0 saturated carbocycles. The molecule has 146 valence electrons. The molecule has 0 spiro atoms. The van der Waals surface area contributed by atoms with Crippen LogP contribution < -0.4 is 10.6 Å². The number of hydrogen-bond acceptors (Lipinski definition) is 5. The summed E-state index contributed by atoms with van der Waals surface area (Å²) in [6, 6.07) is 5.64. The lowest BCUT2D eigenvalue weighted by atomic mass is 9.97. The Labute approximate surface area is 156 Å². The number of halogens is 3. The Hall–Kier alpha value is -2.68. The summed E-state index contributed by atoms with van der Waals surface area (Å²) in [4.78, 5) is 10.5. The molecule has 0 amide bonds. The number of rotatable bonds is 3. The number of nitrogens with zero attached hydrogens (tertiary/aromatic N) is 4. The summed E-state index contributed by atoms with van der Waals surface area (Å²) in [6.45, 7) is 1.88. The maximum atomic E-state index is 13.5. The van der Waals surface area contributed by atoms with E-state index >= 15 is 0 Å². The van der Waals surface area contributed by atoms with Gasteiger partial charge in [-0.05, 0) is 49.6 Å². The molecule has 3 aromatic heterocycles. The van der Waals surface area contributed by atoms with Crippen molar-refractivity contribution in [2.45, 2.75) is 19.0 Å². The van der Waals surface area contributed by atoms with Crippen molar-refractivity contribution in [1.82, 2.24) is 20.2 Å². The maximum absolute atomic E-state index is 13.5. The van der Waals surface area contributed by atoms with Crippen LogP contribution in [0.15, 0.2) is 30.5 Å². The summed E-state index contributed by atoms with van der Waals surface area (Å²) >= 11 is 0. The smallest absolute Gasteiger partial charge is 0.357 e. The van der Waals surface area contributed by atoms with E-state index in [1.54, 1.807) is 18.3 Å². The van der Waals surface area contributed by atoms with E-state index in [9.17, 15) is 13.2 Å². The summed E-state index contributed by atoms with van der Waals surface area (Å²) in [5.41, 5.74) is 6.06. The van der Waals surface area contributed by atoms with Crippen LogP contribution in [0.3, 0.4) is 0 Å². The van der Waals surface area contributed by atoms with Gasteiger partial charge in [0.25, 0.3) is 0 Å². The average Bonchev–Trinajstić information content (AvgIpc) is 3.11. The summed E-state index contributed by atoms with van der Waals surface area (Å²) in [5.74, 6) is 0.732. The van der Waals surface area contributed by atoms with E-state index in [2.05, 4.69) is 20.2 Å². The molecule has 4 rings (SSSR count). The number of fused-ring (bicyclic) bond motifs is 1. The third-order valence-corrected chi connectivity index (χ3v) is 5.00. The van der Waals surface area contributed by atoms with Crippen LogP contribution >= 0.6 is 0 Å². The van der Waals surface area contributed by atoms with Crippen LogP contribution in [0, 0.1) is 5.92 Å². The number of nitrogens with two attached hydrogens (primary N) is 1. The van der Waals surface area contributed by atoms with Gasteiger partial charge in [0, 0.05) is 27.5 Å². The molecule has 3 aromatic rings. The second-order valence-electron chi connectivity index (χ2n) is 6.74. The summed E-state index contributed by atoms with van der Waals surface area (Å²) < 4.78 is 40.5. The van der Waals surface area contributed by atoms with Gasteiger partial charge in [0.05, 0.1) is 17.0 Å². The number of hydrogen-bond donors (Lipinski definition) is 2. The van der Waals surface area contributed by atoms with E-state index in [1.165, 1.54) is 0 Å². The van der Waals surface area contributed by atoms with E-state index in [-0.39, 0.29) is 8.55 Å². The van der Waals surface area contributed by atoms with Gasteiger partial charge in [0.15, 0.2) is 5.65 Å². The lowest BCUT2D eigenvalue weighted by molar-refractivity contribution is -0.137. The molecule has 0 radical (unpaired) electrons. The molecule has 0 aliphatic carbocycles. The minimum absolute atomic E-state index is 0. The summed E-state index contributed by atoms with van der Waals surface area (Å²) in [6.07, 6.45) is -1.18. The Bertz CT molecular complexity index is 954. The third kappa shape index (κ3) is 3.46. The van der Waals surface area contributed by atoms with Crippen LogP contribution in [0.2, 0.25) is 0 Å². The number of nitrogens with one attached hydrogen (secondary N) is 1. The molecule has 0 aromatic carbocycles. The van der Waals surface area contributed by atoms with Crippen molar-refractivity contribution >= 4 is 16.9 Å². The highest BCUT2D eigenvalue weighted by atomic mass is 19.4. The highest BCUT2D eigenvalue weighted by molar-refractivity contribution is 5.89. The van der Waals surface area contributed by atoms with Crippen LogP contribution in [0.5, 0.6) is 0 Å². The molecule has 1 aliphatic rings. The van der Waals surface area contributed by atoms with Crippen molar-refractivity contribution in [3.8, 4) is 11.4 Å². The normalized spacial score (nSPS) is 16.2. The standard InChI is InChI=1S/C18H19F3N6.2H2/c19-18(20,21)12-8-14(16-13-2-1-5-23-17(13)26-25-16)24-15(9-12)27-6-3-11(10-22)4-7-27;;/h1-2,5,8-9,11H,3-4,6-7,10,22H2,(H,23,25,26);2*1H. The molecular weight excluding hydrogens is 357 g/mol. The average molecular weight is 380 g/mol. The van der Waals surface area contributed by atoms with Crippen LogP contribution in [-0.2, 0) is 6.18 Å². The van der Waals surface area contributed by atoms with Crippen molar-refractivity contribution in [3.63, 3.8) is 0 Å². The molecule has 0 unspecified atom stereocenters. The Morgan fingerprint density at radius 1 is 1.26 bits per heavy atom. The molecule has 9 heteroatoms. The van der Waals surface area contributed by atoms with E-state index < -0.39 is 11.7 Å². The number of aromatic amines is 1. The van der Waals surface area contributed by atoms with Crippen molar-refractivity contribution in [2.24, 2.45) is 11.7 Å². The number of pyridine rings is 2. The lowest BCUT2D eigenvalue weighted by Gasteiger charge is -2.32. The predicted octanol–water partition coefficient (Wildman–Crippen LogP) is 3.71. The fourth-order valence-electron chi connectivity index (χ4n) is 3.41. The number of piperidine rings is 1. The van der Waals surface area contributed by atoms with Crippen LogP contribution in [-0.4, -0.2) is 39.8 Å². The van der Waals surface area contributed by atoms with Crippen molar-refractivity contribution in [2.75, 3.05) is 24.5 Å². The van der Waals surface area contributed by atoms with Gasteiger partial charge >= 0.3 is 6.18 Å². The molecule has 0 atom stereocenters. The summed E-state index contributed by atoms with van der Waals surface area (Å²) in [7, 11) is 0. The largest absolute Gasteiger partial charge is 0.416 e. The van der Waals surface area contributed by atoms with Crippen LogP contribution in [0.1, 0.15) is 21.3 Å². The minimum atomic E-state index is -4.46. The van der Waals surface area contributed by atoms with Gasteiger partial charge in [-0.25, -0.2) is 9.97 Å². The second-order valence-corrected chi connectivity index (χ2v) is 6.74. The predicted molar refractivity (Wildman–Crippen MR) is 100 cm³/mol. The third-order valence-electron chi connectivity index (χ3n) is 5.00. The van der Waals surface area contributed by atoms with E-state index in [1.807, 2.05) is 4.90 Å². The first-order valence-electron chi connectivity index (χ1n) is 8.79. The molecule has 1 aliphatic heterocycles. The topological polar surface area (TPSA) is 83.7 Å². The van der Waals surface area contributed by atoms with Gasteiger partial charge < -0.3 is 10.6 Å². The van der Waals surface area contributed by atoms with Gasteiger partial charge in [0.1, 0.15) is 5.82 Å². The Morgan fingerprint density at radius 2 is 2.04 bits per heavy atom. The van der Waals surface area contributed by atoms with Gasteiger partial charge in [-0.1, -0.05) is 0 Å². The Morgan fingerprint density at radius 3 is 2.74 bits per heavy atom. The molecule has 1 fully saturated rings. The zero-order valence-corrected chi connectivity index (χ0v) is 14.5. The monoisotopic (exact) mass is 380 g/mol. The summed E-state index contributed by atoms with van der Waals surface area (Å²) in [5, 5.41) is 7.48. The molecule has 27 heavy (non-hydrogen) atoms. The van der Waals surface area contributed by atoms with E-state index in [0.29, 0.717) is 48.1 Å². The van der Waals surface area contributed by atoms with Crippen LogP contribution in [0.4, 0.5) is 19.0 Å². The fourth-order valence-corrected chi connectivity index (χ4v) is 3.41. The number of anilines is 1. The first-order valence-corrected chi connectivity index (χ1v) is 8.79. The Balaban J connectivity index is 0.00000150. The van der Waals surface area contributed by atoms with Crippen LogP contribution in [0.25, 0.3) is 22.4 Å². The van der Waals surface area contributed by atoms with Gasteiger partial charge in [-0.3, -0.25) is 5.10 Å². The van der Waals surface area contributed by atoms with Gasteiger partial charge in [0.2, 0.25) is 0 Å². The second kappa shape index (κ2) is 6.80. The van der Waals surface area contributed by atoms with Crippen molar-refractivity contribution < 1.29 is 16.0 Å². The number of alkyl halides is 3. The molecule has 3 N–H and O–H groups in total. The molecule has 1 saturated heterocycles. The number of H-pyrrole nitrogens is 1. The molecule has 4 heterocycles. The Kier molecular flexibility index (Phi) is 4.47. The fraction of sp³-hybridized carbons (Fsp3) is 0.389. The molecule has 0 bridgehead atoms. The quantitative estimate of drug-likeness (QED) is 0.724. The first-order chi connectivity index (χ1) is 13.0. The van der Waals surface area contributed by atoms with Gasteiger partial charge in [-0.15, -0.1) is 0 Å². The maximum Gasteiger partial charge on any atom is 0.416 e. The first kappa shape index (κ1) is 17.7. The molecule has 6 nitrogen and oxygen atoms in total. The van der Waals surface area contributed by atoms with Crippen molar-refractivity contribution in [1.29, 1.82) is 0 Å². The minimum Gasteiger partial charge on any atom is -0.357 e. The zero-order chi connectivity index (χ0) is 19.0.